The summed E-state index contributed by atoms with van der Waals surface area (Å²) >= 11 is 6.41. The minimum absolute atomic E-state index is 0.0281. The second-order valence-electron chi connectivity index (χ2n) is 8.10. The Bertz CT molecular complexity index is 1130. The molecule has 0 aromatic heterocycles. The molecule has 166 valence electrons. The number of carbonyl (C=O) groups excluding carboxylic acids is 4. The number of ether oxygens (including phenoxy) is 2. The Morgan fingerprint density at radius 3 is 2.22 bits per heavy atom. The first kappa shape index (κ1) is 22.2. The Labute approximate surface area is 190 Å². The molecule has 2 aliphatic rings. The molecule has 4 rings (SSSR count). The van der Waals surface area contributed by atoms with Gasteiger partial charge in [0.1, 0.15) is 0 Å². The maximum Gasteiger partial charge on any atom is 0.340 e. The zero-order valence-corrected chi connectivity index (χ0v) is 18.6. The normalized spacial score (nSPS) is 20.9. The van der Waals surface area contributed by atoms with Crippen molar-refractivity contribution in [1.29, 1.82) is 0 Å². The number of amides is 1. The smallest absolute Gasteiger partial charge is 0.340 e. The molecule has 1 aliphatic heterocycles. The van der Waals surface area contributed by atoms with Crippen molar-refractivity contribution < 1.29 is 28.7 Å². The number of hydrogen-bond donors (Lipinski definition) is 0. The number of ketones is 2. The van der Waals surface area contributed by atoms with Gasteiger partial charge in [0.25, 0.3) is 5.91 Å². The highest BCUT2D eigenvalue weighted by Gasteiger charge is 2.35. The molecular formula is C24H22ClNO6. The van der Waals surface area contributed by atoms with Crippen molar-refractivity contribution in [3.05, 3.63) is 69.2 Å². The molecule has 1 aliphatic carbocycles. The number of benzene rings is 2. The van der Waals surface area contributed by atoms with Crippen LogP contribution in [0.2, 0.25) is 5.02 Å². The summed E-state index contributed by atoms with van der Waals surface area (Å²) < 4.78 is 11.0. The number of esters is 1. The summed E-state index contributed by atoms with van der Waals surface area (Å²) in [5.41, 5.74) is 0.561. The lowest BCUT2D eigenvalue weighted by Gasteiger charge is -2.36. The first-order valence-corrected chi connectivity index (χ1v) is 10.7. The van der Waals surface area contributed by atoms with Crippen molar-refractivity contribution in [2.24, 2.45) is 0 Å². The van der Waals surface area contributed by atoms with Crippen molar-refractivity contribution in [3.63, 3.8) is 0 Å². The predicted octanol–water partition coefficient (Wildman–Crippen LogP) is 3.30. The molecule has 0 N–H and O–H groups in total. The van der Waals surface area contributed by atoms with Crippen LogP contribution >= 0.6 is 11.6 Å². The summed E-state index contributed by atoms with van der Waals surface area (Å²) in [6.45, 7) is 6.04. The van der Waals surface area contributed by atoms with Crippen molar-refractivity contribution in [1.82, 2.24) is 4.90 Å². The molecule has 3 unspecified atom stereocenters. The summed E-state index contributed by atoms with van der Waals surface area (Å²) in [7, 11) is 0. The van der Waals surface area contributed by atoms with Crippen molar-refractivity contribution in [3.8, 4) is 0 Å². The average Bonchev–Trinajstić information content (AvgIpc) is 2.76. The van der Waals surface area contributed by atoms with Crippen LogP contribution in [0.1, 0.15) is 63.0 Å². The maximum absolute atomic E-state index is 13.0. The highest BCUT2D eigenvalue weighted by atomic mass is 35.5. The van der Waals surface area contributed by atoms with Gasteiger partial charge in [0.05, 0.1) is 28.4 Å². The number of hydrogen-bond acceptors (Lipinski definition) is 6. The summed E-state index contributed by atoms with van der Waals surface area (Å²) in [5.74, 6) is -1.95. The van der Waals surface area contributed by atoms with Crippen LogP contribution in [0.5, 0.6) is 0 Å². The number of fused-ring (bicyclic) bond motifs is 2. The molecular weight excluding hydrogens is 434 g/mol. The monoisotopic (exact) mass is 455 g/mol. The molecule has 8 heteroatoms. The van der Waals surface area contributed by atoms with Crippen molar-refractivity contribution in [2.45, 2.75) is 39.1 Å². The van der Waals surface area contributed by atoms with E-state index < -0.39 is 17.9 Å². The van der Waals surface area contributed by atoms with Crippen LogP contribution in [-0.4, -0.2) is 59.7 Å². The molecule has 1 amide bonds. The molecule has 0 spiro atoms. The van der Waals surface area contributed by atoms with Crippen LogP contribution in [0.4, 0.5) is 0 Å². The van der Waals surface area contributed by atoms with Gasteiger partial charge in [-0.25, -0.2) is 4.79 Å². The van der Waals surface area contributed by atoms with Crippen LogP contribution < -0.4 is 0 Å². The van der Waals surface area contributed by atoms with E-state index in [-0.39, 0.29) is 51.2 Å². The highest BCUT2D eigenvalue weighted by Crippen LogP contribution is 2.34. The van der Waals surface area contributed by atoms with Crippen LogP contribution in [0.25, 0.3) is 0 Å². The van der Waals surface area contributed by atoms with Gasteiger partial charge in [0, 0.05) is 29.8 Å². The van der Waals surface area contributed by atoms with Gasteiger partial charge < -0.3 is 14.4 Å². The largest absolute Gasteiger partial charge is 0.449 e. The fourth-order valence-corrected chi connectivity index (χ4v) is 4.52. The Morgan fingerprint density at radius 2 is 1.59 bits per heavy atom. The Morgan fingerprint density at radius 1 is 1.00 bits per heavy atom. The van der Waals surface area contributed by atoms with Gasteiger partial charge >= 0.3 is 5.97 Å². The molecule has 1 heterocycles. The Hall–Kier alpha value is -3.03. The van der Waals surface area contributed by atoms with Crippen LogP contribution in [0.3, 0.4) is 0 Å². The van der Waals surface area contributed by atoms with Gasteiger partial charge in [-0.15, -0.1) is 0 Å². The molecule has 2 aromatic carbocycles. The summed E-state index contributed by atoms with van der Waals surface area (Å²) in [4.78, 5) is 53.0. The third-order valence-corrected chi connectivity index (χ3v) is 6.01. The van der Waals surface area contributed by atoms with E-state index >= 15 is 0 Å². The molecule has 0 saturated carbocycles. The van der Waals surface area contributed by atoms with E-state index in [4.69, 9.17) is 21.1 Å². The number of halogens is 1. The average molecular weight is 456 g/mol. The number of rotatable bonds is 3. The molecule has 32 heavy (non-hydrogen) atoms. The lowest BCUT2D eigenvalue weighted by atomic mass is 9.83. The van der Waals surface area contributed by atoms with E-state index in [2.05, 4.69) is 0 Å². The quantitative estimate of drug-likeness (QED) is 0.563. The minimum Gasteiger partial charge on any atom is -0.449 e. The second-order valence-corrected chi connectivity index (χ2v) is 8.48. The van der Waals surface area contributed by atoms with Gasteiger partial charge in [0.15, 0.2) is 17.7 Å². The highest BCUT2D eigenvalue weighted by molar-refractivity contribution is 6.41. The zero-order chi connectivity index (χ0) is 23.2. The maximum atomic E-state index is 13.0. The Balaban J connectivity index is 1.57. The molecule has 0 radical (unpaired) electrons. The van der Waals surface area contributed by atoms with E-state index in [9.17, 15) is 19.2 Å². The number of nitrogens with zero attached hydrogens (tertiary/aromatic N) is 1. The van der Waals surface area contributed by atoms with Gasteiger partial charge in [0.2, 0.25) is 0 Å². The first-order chi connectivity index (χ1) is 15.2. The van der Waals surface area contributed by atoms with Crippen LogP contribution in [0, 0.1) is 0 Å². The first-order valence-electron chi connectivity index (χ1n) is 10.3. The van der Waals surface area contributed by atoms with E-state index in [1.54, 1.807) is 29.2 Å². The van der Waals surface area contributed by atoms with E-state index in [0.717, 1.165) is 0 Å². The summed E-state index contributed by atoms with van der Waals surface area (Å²) in [5, 5.41) is -0.159. The molecule has 1 saturated heterocycles. The zero-order valence-electron chi connectivity index (χ0n) is 17.9. The predicted molar refractivity (Wildman–Crippen MR) is 116 cm³/mol. The summed E-state index contributed by atoms with van der Waals surface area (Å²) in [6, 6.07) is 9.20. The van der Waals surface area contributed by atoms with Gasteiger partial charge in [-0.05, 0) is 32.9 Å². The fourth-order valence-electron chi connectivity index (χ4n) is 4.19. The number of morpholine rings is 1. The van der Waals surface area contributed by atoms with E-state index in [1.807, 2.05) is 13.8 Å². The third kappa shape index (κ3) is 3.82. The standard InChI is InChI=1S/C24H22ClNO6/c1-12-10-26(11-13(2)31-12)23(29)14(3)32-24(30)18-9-8-17-19(20(18)25)22(28)16-7-5-4-6-15(16)21(17)27/h4-9,12-14H,10-11H2,1-3H3. The van der Waals surface area contributed by atoms with Crippen molar-refractivity contribution >= 4 is 35.0 Å². The van der Waals surface area contributed by atoms with Gasteiger partial charge in [-0.2, -0.15) is 0 Å². The van der Waals surface area contributed by atoms with Crippen molar-refractivity contribution in [2.75, 3.05) is 13.1 Å². The van der Waals surface area contributed by atoms with Gasteiger partial charge in [-0.1, -0.05) is 35.9 Å². The van der Waals surface area contributed by atoms with Gasteiger partial charge in [-0.3, -0.25) is 14.4 Å². The van der Waals surface area contributed by atoms with Crippen LogP contribution in [0.15, 0.2) is 36.4 Å². The second kappa shape index (κ2) is 8.48. The SMILES string of the molecule is CC1CN(C(=O)C(C)OC(=O)c2ccc3c(c2Cl)C(=O)c2ccccc2C3=O)CC(C)O1. The Kier molecular flexibility index (Phi) is 5.88. The topological polar surface area (TPSA) is 90.0 Å². The molecule has 0 bridgehead atoms. The minimum atomic E-state index is -1.05. The van der Waals surface area contributed by atoms with E-state index in [0.29, 0.717) is 18.7 Å². The lowest BCUT2D eigenvalue weighted by molar-refractivity contribution is -0.151. The molecule has 2 aromatic rings. The molecule has 1 fully saturated rings. The third-order valence-electron chi connectivity index (χ3n) is 5.61. The van der Waals surface area contributed by atoms with E-state index in [1.165, 1.54) is 19.1 Å². The summed E-state index contributed by atoms with van der Waals surface area (Å²) in [6.07, 6.45) is -1.29. The molecule has 7 nitrogen and oxygen atoms in total. The lowest BCUT2D eigenvalue weighted by Crippen LogP contribution is -2.51. The fraction of sp³-hybridized carbons (Fsp3) is 0.333. The van der Waals surface area contributed by atoms with Crippen LogP contribution in [-0.2, 0) is 14.3 Å². The molecule has 3 atom stereocenters. The number of carbonyl (C=O) groups is 4.